The molecule has 146 valence electrons. The van der Waals surface area contributed by atoms with Gasteiger partial charge in [-0.15, -0.1) is 0 Å². The monoisotopic (exact) mass is 370 g/mol. The lowest BCUT2D eigenvalue weighted by atomic mass is 9.88. The molecule has 0 aromatic heterocycles. The summed E-state index contributed by atoms with van der Waals surface area (Å²) in [7, 11) is 3.62. The van der Waals surface area contributed by atoms with E-state index in [1.807, 2.05) is 7.05 Å². The number of carbonyl (C=O) groups is 1. The van der Waals surface area contributed by atoms with Crippen LogP contribution in [0.3, 0.4) is 0 Å². The van der Waals surface area contributed by atoms with E-state index in [2.05, 4.69) is 4.90 Å². The van der Waals surface area contributed by atoms with Crippen molar-refractivity contribution in [1.29, 1.82) is 0 Å². The van der Waals surface area contributed by atoms with Gasteiger partial charge in [-0.2, -0.15) is 0 Å². The minimum Gasteiger partial charge on any atom is -0.396 e. The van der Waals surface area contributed by atoms with Crippen molar-refractivity contribution < 1.29 is 23.4 Å². The van der Waals surface area contributed by atoms with E-state index in [0.29, 0.717) is 19.7 Å². The number of aliphatic hydroxyl groups is 1. The zero-order valence-electron chi connectivity index (χ0n) is 15.7. The maximum absolute atomic E-state index is 14.2. The number of halogens is 2. The number of aryl methyl sites for hydroxylation is 1. The third kappa shape index (κ3) is 4.99. The number of benzene rings is 1. The van der Waals surface area contributed by atoms with Gasteiger partial charge in [0.15, 0.2) is 11.6 Å². The minimum atomic E-state index is -1.10. The van der Waals surface area contributed by atoms with Crippen LogP contribution in [0.25, 0.3) is 0 Å². The number of nitrogens with zero attached hydrogens (tertiary/aromatic N) is 2. The molecule has 0 unspecified atom stereocenters. The van der Waals surface area contributed by atoms with Crippen LogP contribution >= 0.6 is 0 Å². The van der Waals surface area contributed by atoms with E-state index in [9.17, 15) is 18.7 Å². The Morgan fingerprint density at radius 3 is 2.65 bits per heavy atom. The van der Waals surface area contributed by atoms with Gasteiger partial charge in [-0.3, -0.25) is 4.79 Å². The standard InChI is InChI=1S/C19H28F2N2O3/c1-13-4-5-16(18(21)17(13)20)19(25)23-10-14(8-15(11-23)12-24)9-22(2)6-7-26-3/h4-5,14-15,24H,6-12H2,1-3H3/t14-,15+/m1/s1. The van der Waals surface area contributed by atoms with E-state index >= 15 is 0 Å². The summed E-state index contributed by atoms with van der Waals surface area (Å²) >= 11 is 0. The van der Waals surface area contributed by atoms with Crippen molar-refractivity contribution in [1.82, 2.24) is 9.80 Å². The molecule has 0 bridgehead atoms. The molecule has 1 N–H and O–H groups in total. The van der Waals surface area contributed by atoms with E-state index < -0.39 is 17.5 Å². The number of piperidine rings is 1. The van der Waals surface area contributed by atoms with Crippen molar-refractivity contribution in [2.24, 2.45) is 11.8 Å². The molecule has 1 aromatic rings. The first-order valence-corrected chi connectivity index (χ1v) is 8.89. The topological polar surface area (TPSA) is 53.0 Å². The molecule has 1 saturated heterocycles. The quantitative estimate of drug-likeness (QED) is 0.797. The molecule has 1 aromatic carbocycles. The van der Waals surface area contributed by atoms with E-state index in [1.165, 1.54) is 24.0 Å². The molecular formula is C19H28F2N2O3. The highest BCUT2D eigenvalue weighted by atomic mass is 19.2. The first-order chi connectivity index (χ1) is 12.4. The summed E-state index contributed by atoms with van der Waals surface area (Å²) < 4.78 is 33.1. The van der Waals surface area contributed by atoms with Crippen LogP contribution in [0.1, 0.15) is 22.3 Å². The lowest BCUT2D eigenvalue weighted by Gasteiger charge is -2.38. The predicted octanol–water partition coefficient (Wildman–Crippen LogP) is 1.92. The molecule has 0 radical (unpaired) electrons. The molecule has 2 atom stereocenters. The number of aliphatic hydroxyl groups excluding tert-OH is 1. The van der Waals surface area contributed by atoms with Crippen molar-refractivity contribution in [2.75, 3.05) is 53.6 Å². The third-order valence-corrected chi connectivity index (χ3v) is 4.92. The molecule has 1 aliphatic heterocycles. The fraction of sp³-hybridized carbons (Fsp3) is 0.632. The Morgan fingerprint density at radius 1 is 1.31 bits per heavy atom. The average Bonchev–Trinajstić information content (AvgIpc) is 2.63. The largest absolute Gasteiger partial charge is 0.396 e. The number of carbonyl (C=O) groups excluding carboxylic acids is 1. The highest BCUT2D eigenvalue weighted by Gasteiger charge is 2.32. The zero-order chi connectivity index (χ0) is 19.3. The SMILES string of the molecule is COCCN(C)C[C@H]1C[C@H](CO)CN(C(=O)c2ccc(C)c(F)c2F)C1. The first kappa shape index (κ1) is 20.7. The van der Waals surface area contributed by atoms with Gasteiger partial charge in [0.2, 0.25) is 0 Å². The minimum absolute atomic E-state index is 0.0349. The Bertz CT molecular complexity index is 627. The first-order valence-electron chi connectivity index (χ1n) is 8.89. The Balaban J connectivity index is 2.12. The maximum Gasteiger partial charge on any atom is 0.256 e. The van der Waals surface area contributed by atoms with Gasteiger partial charge in [0.25, 0.3) is 5.91 Å². The molecule has 1 aliphatic rings. The molecule has 0 spiro atoms. The van der Waals surface area contributed by atoms with Crippen LogP contribution in [-0.2, 0) is 4.74 Å². The lowest BCUT2D eigenvalue weighted by Crippen LogP contribution is -2.48. The van der Waals surface area contributed by atoms with Gasteiger partial charge in [0.05, 0.1) is 12.2 Å². The van der Waals surface area contributed by atoms with Gasteiger partial charge in [-0.1, -0.05) is 6.07 Å². The number of rotatable bonds is 7. The lowest BCUT2D eigenvalue weighted by molar-refractivity contribution is 0.0446. The molecule has 1 heterocycles. The summed E-state index contributed by atoms with van der Waals surface area (Å²) in [6, 6.07) is 2.74. The van der Waals surface area contributed by atoms with Gasteiger partial charge >= 0.3 is 0 Å². The fourth-order valence-electron chi connectivity index (χ4n) is 3.51. The highest BCUT2D eigenvalue weighted by Crippen LogP contribution is 2.25. The van der Waals surface area contributed by atoms with Crippen molar-refractivity contribution in [3.8, 4) is 0 Å². The smallest absolute Gasteiger partial charge is 0.256 e. The van der Waals surface area contributed by atoms with Crippen molar-refractivity contribution in [3.63, 3.8) is 0 Å². The fourth-order valence-corrected chi connectivity index (χ4v) is 3.51. The van der Waals surface area contributed by atoms with Crippen LogP contribution in [0.4, 0.5) is 8.78 Å². The second kappa shape index (κ2) is 9.39. The van der Waals surface area contributed by atoms with Crippen LogP contribution in [0.15, 0.2) is 12.1 Å². The van der Waals surface area contributed by atoms with E-state index in [1.54, 1.807) is 7.11 Å². The molecule has 2 rings (SSSR count). The van der Waals surface area contributed by atoms with Crippen molar-refractivity contribution in [2.45, 2.75) is 13.3 Å². The van der Waals surface area contributed by atoms with Crippen LogP contribution < -0.4 is 0 Å². The Kier molecular flexibility index (Phi) is 7.49. The number of hydrogen-bond acceptors (Lipinski definition) is 4. The second-order valence-electron chi connectivity index (χ2n) is 7.17. The van der Waals surface area contributed by atoms with E-state index in [4.69, 9.17) is 4.74 Å². The highest BCUT2D eigenvalue weighted by molar-refractivity contribution is 5.94. The second-order valence-corrected chi connectivity index (χ2v) is 7.17. The number of amides is 1. The van der Waals surface area contributed by atoms with Gasteiger partial charge in [0, 0.05) is 39.9 Å². The Hall–Kier alpha value is -1.57. The Morgan fingerprint density at radius 2 is 2.00 bits per heavy atom. The number of methoxy groups -OCH3 is 1. The van der Waals surface area contributed by atoms with Gasteiger partial charge in [0.1, 0.15) is 0 Å². The van der Waals surface area contributed by atoms with Crippen LogP contribution in [0.5, 0.6) is 0 Å². The summed E-state index contributed by atoms with van der Waals surface area (Å²) in [5.74, 6) is -2.52. The summed E-state index contributed by atoms with van der Waals surface area (Å²) in [5, 5.41) is 9.58. The van der Waals surface area contributed by atoms with Crippen molar-refractivity contribution in [3.05, 3.63) is 34.9 Å². The maximum atomic E-state index is 14.2. The number of likely N-dealkylation sites (tertiary alicyclic amines) is 1. The predicted molar refractivity (Wildman–Crippen MR) is 95.1 cm³/mol. The summed E-state index contributed by atoms with van der Waals surface area (Å²) in [4.78, 5) is 16.4. The normalized spacial score (nSPS) is 20.7. The zero-order valence-corrected chi connectivity index (χ0v) is 15.7. The van der Waals surface area contributed by atoms with Gasteiger partial charge in [-0.25, -0.2) is 8.78 Å². The van der Waals surface area contributed by atoms with E-state index in [-0.39, 0.29) is 29.6 Å². The molecule has 1 fully saturated rings. The molecule has 0 aliphatic carbocycles. The molecule has 5 nitrogen and oxygen atoms in total. The van der Waals surface area contributed by atoms with Crippen LogP contribution in [-0.4, -0.2) is 74.4 Å². The number of hydrogen-bond donors (Lipinski definition) is 1. The van der Waals surface area contributed by atoms with Crippen LogP contribution in [0.2, 0.25) is 0 Å². The van der Waals surface area contributed by atoms with Gasteiger partial charge < -0.3 is 19.6 Å². The third-order valence-electron chi connectivity index (χ3n) is 4.92. The number of ether oxygens (including phenoxy) is 1. The van der Waals surface area contributed by atoms with E-state index in [0.717, 1.165) is 19.5 Å². The van der Waals surface area contributed by atoms with Gasteiger partial charge in [-0.05, 0) is 43.9 Å². The molecule has 1 amide bonds. The molecule has 0 saturated carbocycles. The number of likely N-dealkylation sites (N-methyl/N-ethyl adjacent to an activating group) is 1. The Labute approximate surface area is 153 Å². The summed E-state index contributed by atoms with van der Waals surface area (Å²) in [6.07, 6.45) is 0.794. The summed E-state index contributed by atoms with van der Waals surface area (Å²) in [5.41, 5.74) is -0.0817. The molecular weight excluding hydrogens is 342 g/mol. The summed E-state index contributed by atoms with van der Waals surface area (Å²) in [6.45, 7) is 4.36. The average molecular weight is 370 g/mol. The van der Waals surface area contributed by atoms with Crippen LogP contribution in [0, 0.1) is 30.4 Å². The molecule has 7 heteroatoms. The van der Waals surface area contributed by atoms with Crippen molar-refractivity contribution >= 4 is 5.91 Å². The molecule has 26 heavy (non-hydrogen) atoms.